The summed E-state index contributed by atoms with van der Waals surface area (Å²) in [5.74, 6) is -1.53. The third-order valence-corrected chi connectivity index (χ3v) is 17.1. The third kappa shape index (κ3) is 5.01. The molecule has 0 radical (unpaired) electrons. The number of benzene rings is 2. The third-order valence-electron chi connectivity index (χ3n) is 6.38. The maximum Gasteiger partial charge on any atom is 0.543 e. The molecule has 7 nitrogen and oxygen atoms in total. The van der Waals surface area contributed by atoms with E-state index in [4.69, 9.17) is 31.6 Å². The van der Waals surface area contributed by atoms with Crippen molar-refractivity contribution in [3.05, 3.63) is 71.8 Å². The SMILES string of the molecule is CCOC1(OCC)O[Si](OCC)(OCC)[Si](OCC)(OCC)CC1(c1ccccc1)c1ccccc1. The van der Waals surface area contributed by atoms with Crippen LogP contribution < -0.4 is 0 Å². The Labute approximate surface area is 218 Å². The van der Waals surface area contributed by atoms with Gasteiger partial charge in [0, 0.05) is 45.7 Å². The van der Waals surface area contributed by atoms with E-state index < -0.39 is 27.8 Å². The minimum Gasteiger partial charge on any atom is -0.392 e. The second-order valence-corrected chi connectivity index (χ2v) is 16.8. The Bertz CT molecular complexity index is 855. The zero-order valence-electron chi connectivity index (χ0n) is 22.6. The van der Waals surface area contributed by atoms with E-state index in [2.05, 4.69) is 24.3 Å². The second-order valence-electron chi connectivity index (χ2n) is 8.38. The van der Waals surface area contributed by atoms with Crippen LogP contribution in [-0.4, -0.2) is 62.0 Å². The molecule has 1 saturated heterocycles. The van der Waals surface area contributed by atoms with Gasteiger partial charge >= 0.3 is 16.4 Å². The average Bonchev–Trinajstić information content (AvgIpc) is 2.88. The fourth-order valence-electron chi connectivity index (χ4n) is 5.29. The molecule has 2 aromatic carbocycles. The first-order chi connectivity index (χ1) is 17.5. The monoisotopic (exact) mass is 534 g/mol. The lowest BCUT2D eigenvalue weighted by Crippen LogP contribution is -2.83. The highest BCUT2D eigenvalue weighted by Gasteiger charge is 2.81. The van der Waals surface area contributed by atoms with Gasteiger partial charge in [-0.15, -0.1) is 0 Å². The Morgan fingerprint density at radius 2 is 1.03 bits per heavy atom. The standard InChI is InChI=1S/C27H42O7Si2/c1-7-28-27(29-8-2)26(24-19-15-13-16-20-24,25-21-17-14-18-22-25)23-35(30-9-3,31-10-4)36(34-27,32-11-5)33-12-6/h13-22H,7-12,23H2,1-6H3. The summed E-state index contributed by atoms with van der Waals surface area (Å²) >= 11 is 0. The van der Waals surface area contributed by atoms with Gasteiger partial charge in [-0.2, -0.15) is 0 Å². The van der Waals surface area contributed by atoms with Crippen molar-refractivity contribution >= 4 is 16.4 Å². The van der Waals surface area contributed by atoms with Crippen molar-refractivity contribution < 1.29 is 31.6 Å². The Morgan fingerprint density at radius 3 is 1.39 bits per heavy atom. The molecule has 0 atom stereocenters. The number of hydrogen-bond acceptors (Lipinski definition) is 7. The molecule has 0 saturated carbocycles. The molecule has 36 heavy (non-hydrogen) atoms. The fraction of sp³-hybridized carbons (Fsp3) is 0.556. The molecule has 200 valence electrons. The van der Waals surface area contributed by atoms with Crippen LogP contribution >= 0.6 is 0 Å². The zero-order valence-corrected chi connectivity index (χ0v) is 24.6. The van der Waals surface area contributed by atoms with Gasteiger partial charge in [0.1, 0.15) is 5.41 Å². The van der Waals surface area contributed by atoms with Crippen LogP contribution in [0.15, 0.2) is 60.7 Å². The van der Waals surface area contributed by atoms with Crippen molar-refractivity contribution in [2.45, 2.75) is 59.0 Å². The summed E-state index contributed by atoms with van der Waals surface area (Å²) in [5.41, 5.74) is 1.07. The highest BCUT2D eigenvalue weighted by atomic mass is 29.3. The molecule has 0 spiro atoms. The molecule has 0 bridgehead atoms. The molecule has 0 N–H and O–H groups in total. The smallest absolute Gasteiger partial charge is 0.392 e. The summed E-state index contributed by atoms with van der Waals surface area (Å²) in [6, 6.07) is 20.9. The fourth-order valence-corrected chi connectivity index (χ4v) is 17.0. The van der Waals surface area contributed by atoms with Crippen LogP contribution in [0.5, 0.6) is 0 Å². The number of hydrogen-bond donors (Lipinski definition) is 0. The van der Waals surface area contributed by atoms with Crippen LogP contribution in [0.25, 0.3) is 0 Å². The zero-order chi connectivity index (χ0) is 26.1. The van der Waals surface area contributed by atoms with Gasteiger partial charge in [-0.25, -0.2) is 0 Å². The Balaban J connectivity index is 2.47. The van der Waals surface area contributed by atoms with E-state index in [1.54, 1.807) is 0 Å². The van der Waals surface area contributed by atoms with Gasteiger partial charge in [0.15, 0.2) is 0 Å². The van der Waals surface area contributed by atoms with E-state index >= 15 is 0 Å². The lowest BCUT2D eigenvalue weighted by Gasteiger charge is -2.59. The topological polar surface area (TPSA) is 64.6 Å². The molecule has 3 rings (SSSR count). The molecule has 0 aromatic heterocycles. The van der Waals surface area contributed by atoms with Crippen molar-refractivity contribution in [2.24, 2.45) is 0 Å². The van der Waals surface area contributed by atoms with Gasteiger partial charge < -0.3 is 31.6 Å². The van der Waals surface area contributed by atoms with Gasteiger partial charge in [0.05, 0.1) is 0 Å². The average molecular weight is 535 g/mol. The summed E-state index contributed by atoms with van der Waals surface area (Å²) in [6.45, 7) is 14.1. The Morgan fingerprint density at radius 1 is 0.611 bits per heavy atom. The summed E-state index contributed by atoms with van der Waals surface area (Å²) in [6.07, 6.45) is 0. The highest BCUT2D eigenvalue weighted by Crippen LogP contribution is 2.57. The number of rotatable bonds is 14. The normalized spacial score (nSPS) is 19.7. The Hall–Kier alpha value is -1.41. The van der Waals surface area contributed by atoms with Gasteiger partial charge in [-0.1, -0.05) is 60.7 Å². The molecule has 9 heteroatoms. The molecular weight excluding hydrogens is 492 g/mol. The van der Waals surface area contributed by atoms with Crippen LogP contribution in [0.2, 0.25) is 6.04 Å². The van der Waals surface area contributed by atoms with Crippen molar-refractivity contribution in [2.75, 3.05) is 39.6 Å². The molecule has 0 unspecified atom stereocenters. The molecule has 2 aromatic rings. The molecule has 1 aliphatic rings. The van der Waals surface area contributed by atoms with Crippen molar-refractivity contribution in [3.8, 4) is 0 Å². The summed E-state index contributed by atoms with van der Waals surface area (Å²) in [4.78, 5) is 0. The van der Waals surface area contributed by atoms with Crippen LogP contribution in [0.1, 0.15) is 52.7 Å². The van der Waals surface area contributed by atoms with E-state index in [9.17, 15) is 0 Å². The molecule has 0 amide bonds. The summed E-state index contributed by atoms with van der Waals surface area (Å²) in [5, 5.41) is 0. The minimum absolute atomic E-state index is 0.363. The maximum absolute atomic E-state index is 7.13. The van der Waals surface area contributed by atoms with Crippen LogP contribution in [0.4, 0.5) is 0 Å². The van der Waals surface area contributed by atoms with Crippen LogP contribution in [0, 0.1) is 0 Å². The quantitative estimate of drug-likeness (QED) is 0.240. The second kappa shape index (κ2) is 12.9. The maximum atomic E-state index is 7.13. The molecule has 1 fully saturated rings. The predicted molar refractivity (Wildman–Crippen MR) is 144 cm³/mol. The first-order valence-electron chi connectivity index (χ1n) is 13.1. The first kappa shape index (κ1) is 29.2. The summed E-state index contributed by atoms with van der Waals surface area (Å²) < 4.78 is 46.6. The highest BCUT2D eigenvalue weighted by molar-refractivity contribution is 7.29. The van der Waals surface area contributed by atoms with E-state index in [-0.39, 0.29) is 0 Å². The van der Waals surface area contributed by atoms with E-state index in [0.29, 0.717) is 45.7 Å². The van der Waals surface area contributed by atoms with Crippen LogP contribution in [0.3, 0.4) is 0 Å². The molecule has 1 heterocycles. The number of ether oxygens (including phenoxy) is 2. The van der Waals surface area contributed by atoms with E-state index in [1.807, 2.05) is 77.9 Å². The van der Waals surface area contributed by atoms with Gasteiger partial charge in [0.2, 0.25) is 0 Å². The van der Waals surface area contributed by atoms with Crippen LogP contribution in [-0.2, 0) is 37.0 Å². The van der Waals surface area contributed by atoms with Gasteiger partial charge in [-0.3, -0.25) is 0 Å². The predicted octanol–water partition coefficient (Wildman–Crippen LogP) is 5.34. The van der Waals surface area contributed by atoms with Crippen molar-refractivity contribution in [1.82, 2.24) is 0 Å². The first-order valence-corrected chi connectivity index (χ1v) is 17.9. The Kier molecular flexibility index (Phi) is 10.4. The lowest BCUT2D eigenvalue weighted by molar-refractivity contribution is -0.385. The molecule has 0 aliphatic carbocycles. The van der Waals surface area contributed by atoms with E-state index in [1.165, 1.54) is 0 Å². The van der Waals surface area contributed by atoms with Crippen molar-refractivity contribution in [3.63, 3.8) is 0 Å². The molecule has 1 aliphatic heterocycles. The van der Waals surface area contributed by atoms with Gasteiger partial charge in [-0.05, 0) is 52.7 Å². The minimum atomic E-state index is -3.62. The van der Waals surface area contributed by atoms with Crippen molar-refractivity contribution in [1.29, 1.82) is 0 Å². The van der Waals surface area contributed by atoms with Gasteiger partial charge in [0.25, 0.3) is 5.97 Å². The van der Waals surface area contributed by atoms with E-state index in [0.717, 1.165) is 11.1 Å². The largest absolute Gasteiger partial charge is 0.543 e. The summed E-state index contributed by atoms with van der Waals surface area (Å²) in [7, 11) is -6.96. The lowest BCUT2D eigenvalue weighted by atomic mass is 9.73. The molecular formula is C27H42O7Si2.